The van der Waals surface area contributed by atoms with E-state index in [0.717, 1.165) is 73.1 Å². The number of benzene rings is 1. The first-order chi connectivity index (χ1) is 19.3. The molecule has 40 heavy (non-hydrogen) atoms. The van der Waals surface area contributed by atoms with Crippen molar-refractivity contribution < 1.29 is 4.74 Å². The van der Waals surface area contributed by atoms with Crippen molar-refractivity contribution in [3.63, 3.8) is 0 Å². The fourth-order valence-corrected chi connectivity index (χ4v) is 6.17. The zero-order chi connectivity index (χ0) is 28.4. The van der Waals surface area contributed by atoms with Crippen molar-refractivity contribution in [3.8, 4) is 16.9 Å². The van der Waals surface area contributed by atoms with Crippen LogP contribution in [-0.4, -0.2) is 63.4 Å². The van der Waals surface area contributed by atoms with E-state index >= 15 is 0 Å². The number of nitrogens with zero attached hydrogens (tertiary/aromatic N) is 7. The van der Waals surface area contributed by atoms with E-state index < -0.39 is 0 Å². The normalized spacial score (nSPS) is 15.0. The predicted octanol–water partition coefficient (Wildman–Crippen LogP) is 5.59. The van der Waals surface area contributed by atoms with E-state index in [0.29, 0.717) is 27.9 Å². The highest BCUT2D eigenvalue weighted by molar-refractivity contribution is 6.39. The second-order valence-electron chi connectivity index (χ2n) is 10.4. The number of hydrogen-bond acceptors (Lipinski definition) is 8. The van der Waals surface area contributed by atoms with Crippen LogP contribution >= 0.6 is 23.2 Å². The van der Waals surface area contributed by atoms with E-state index in [9.17, 15) is 0 Å². The Labute approximate surface area is 245 Å². The summed E-state index contributed by atoms with van der Waals surface area (Å²) in [6, 6.07) is 7.79. The summed E-state index contributed by atoms with van der Waals surface area (Å²) in [5, 5.41) is 5.98. The van der Waals surface area contributed by atoms with E-state index in [2.05, 4.69) is 32.8 Å². The van der Waals surface area contributed by atoms with Gasteiger partial charge in [0.05, 0.1) is 28.4 Å². The van der Waals surface area contributed by atoms with Gasteiger partial charge in [0.25, 0.3) is 0 Å². The molecular weight excluding hydrogens is 547 g/mol. The highest BCUT2D eigenvalue weighted by Crippen LogP contribution is 2.42. The predicted molar refractivity (Wildman–Crippen MR) is 162 cm³/mol. The van der Waals surface area contributed by atoms with Crippen LogP contribution in [0.4, 0.5) is 11.8 Å². The minimum atomic E-state index is -0.0325. The lowest BCUT2D eigenvalue weighted by molar-refractivity contribution is 0.415. The molecule has 2 N–H and O–H groups in total. The molecule has 212 valence electrons. The quantitative estimate of drug-likeness (QED) is 0.273. The molecule has 9 nitrogen and oxygen atoms in total. The third-order valence-corrected chi connectivity index (χ3v) is 7.92. The summed E-state index contributed by atoms with van der Waals surface area (Å²) in [5.41, 5.74) is 10.5. The topological polar surface area (TPSA) is 97.7 Å². The number of anilines is 2. The van der Waals surface area contributed by atoms with Crippen molar-refractivity contribution in [2.24, 2.45) is 5.73 Å². The number of fused-ring (bicyclic) bond motifs is 1. The molecule has 5 rings (SSSR count). The lowest BCUT2D eigenvalue weighted by atomic mass is 10.0. The molecule has 3 aromatic heterocycles. The number of methoxy groups -OCH3 is 1. The molecule has 0 radical (unpaired) electrons. The maximum atomic E-state index is 6.76. The van der Waals surface area contributed by atoms with Crippen LogP contribution in [0.5, 0.6) is 5.75 Å². The van der Waals surface area contributed by atoms with Gasteiger partial charge in [-0.1, -0.05) is 36.5 Å². The van der Waals surface area contributed by atoms with Gasteiger partial charge in [0, 0.05) is 61.4 Å². The van der Waals surface area contributed by atoms with Gasteiger partial charge in [0.2, 0.25) is 5.95 Å². The fraction of sp³-hybridized carbons (Fsp3) is 0.448. The minimum Gasteiger partial charge on any atom is -0.497 e. The zero-order valence-corrected chi connectivity index (χ0v) is 25.0. The molecule has 0 amide bonds. The second-order valence-corrected chi connectivity index (χ2v) is 11.2. The van der Waals surface area contributed by atoms with Crippen LogP contribution in [-0.2, 0) is 6.42 Å². The van der Waals surface area contributed by atoms with Crippen molar-refractivity contribution in [2.75, 3.05) is 36.5 Å². The molecule has 0 spiro atoms. The Morgan fingerprint density at radius 1 is 1.10 bits per heavy atom. The molecule has 1 fully saturated rings. The SMILES string of the molecule is CCCc1cc(N(CC(C)N)C2CCN(c3ncccn3)CC2)n2nc(C)c(-c3c(Cl)cc(OC)cc3Cl)c2n1. The summed E-state index contributed by atoms with van der Waals surface area (Å²) in [5.74, 6) is 2.36. The average molecular weight is 584 g/mol. The van der Waals surface area contributed by atoms with Crippen LogP contribution in [0.3, 0.4) is 0 Å². The maximum absolute atomic E-state index is 6.76. The van der Waals surface area contributed by atoms with E-state index in [-0.39, 0.29) is 12.1 Å². The summed E-state index contributed by atoms with van der Waals surface area (Å²) in [7, 11) is 1.59. The van der Waals surface area contributed by atoms with Gasteiger partial charge >= 0.3 is 0 Å². The zero-order valence-electron chi connectivity index (χ0n) is 23.4. The van der Waals surface area contributed by atoms with Gasteiger partial charge in [-0.25, -0.2) is 15.0 Å². The molecular formula is C29H36Cl2N8O. The Hall–Kier alpha value is -3.14. The van der Waals surface area contributed by atoms with E-state index in [1.54, 1.807) is 31.6 Å². The first-order valence-electron chi connectivity index (χ1n) is 13.8. The molecule has 1 aliphatic rings. The monoisotopic (exact) mass is 582 g/mol. The van der Waals surface area contributed by atoms with E-state index in [1.807, 2.05) is 24.4 Å². The maximum Gasteiger partial charge on any atom is 0.225 e. The Bertz CT molecular complexity index is 1450. The minimum absolute atomic E-state index is 0.0325. The number of hydrogen-bond donors (Lipinski definition) is 1. The molecule has 4 aromatic rings. The summed E-state index contributed by atoms with van der Waals surface area (Å²) >= 11 is 13.5. The van der Waals surface area contributed by atoms with Crippen LogP contribution in [0, 0.1) is 6.92 Å². The Morgan fingerprint density at radius 2 is 1.77 bits per heavy atom. The molecule has 4 heterocycles. The first-order valence-corrected chi connectivity index (χ1v) is 14.5. The van der Waals surface area contributed by atoms with Crippen LogP contribution in [0.25, 0.3) is 16.8 Å². The van der Waals surface area contributed by atoms with Gasteiger partial charge in [0.1, 0.15) is 11.6 Å². The highest BCUT2D eigenvalue weighted by Gasteiger charge is 2.30. The van der Waals surface area contributed by atoms with Gasteiger partial charge in [-0.2, -0.15) is 9.61 Å². The molecule has 1 atom stereocenters. The Balaban J connectivity index is 1.60. The molecule has 1 aliphatic heterocycles. The smallest absolute Gasteiger partial charge is 0.225 e. The van der Waals surface area contributed by atoms with Crippen molar-refractivity contribution in [1.82, 2.24) is 24.6 Å². The summed E-state index contributed by atoms with van der Waals surface area (Å²) in [6.07, 6.45) is 7.28. The molecule has 11 heteroatoms. The molecule has 1 unspecified atom stereocenters. The van der Waals surface area contributed by atoms with Gasteiger partial charge < -0.3 is 20.3 Å². The number of rotatable bonds is 9. The van der Waals surface area contributed by atoms with Crippen molar-refractivity contribution in [2.45, 2.75) is 58.5 Å². The van der Waals surface area contributed by atoms with Crippen LogP contribution in [0.1, 0.15) is 44.5 Å². The van der Waals surface area contributed by atoms with Crippen LogP contribution < -0.4 is 20.3 Å². The lowest BCUT2D eigenvalue weighted by Crippen LogP contribution is -2.49. The fourth-order valence-electron chi connectivity index (χ4n) is 5.52. The van der Waals surface area contributed by atoms with E-state index in [4.69, 9.17) is 43.8 Å². The largest absolute Gasteiger partial charge is 0.497 e. The number of aromatic nitrogens is 5. The Kier molecular flexibility index (Phi) is 8.63. The third kappa shape index (κ3) is 5.68. The van der Waals surface area contributed by atoms with Gasteiger partial charge in [0.15, 0.2) is 5.65 Å². The summed E-state index contributed by atoms with van der Waals surface area (Å²) in [6.45, 7) is 8.59. The van der Waals surface area contributed by atoms with Gasteiger partial charge in [-0.05, 0) is 51.3 Å². The summed E-state index contributed by atoms with van der Waals surface area (Å²) in [4.78, 5) is 18.6. The van der Waals surface area contributed by atoms with E-state index in [1.165, 1.54) is 0 Å². The molecule has 0 saturated carbocycles. The Morgan fingerprint density at radius 3 is 2.38 bits per heavy atom. The number of piperidine rings is 1. The van der Waals surface area contributed by atoms with Crippen molar-refractivity contribution in [1.29, 1.82) is 0 Å². The third-order valence-electron chi connectivity index (χ3n) is 7.32. The first kappa shape index (κ1) is 28.4. The molecule has 0 aliphatic carbocycles. The summed E-state index contributed by atoms with van der Waals surface area (Å²) < 4.78 is 7.31. The molecule has 1 aromatic carbocycles. The molecule has 1 saturated heterocycles. The van der Waals surface area contributed by atoms with Crippen molar-refractivity contribution >= 4 is 40.6 Å². The van der Waals surface area contributed by atoms with Crippen LogP contribution in [0.15, 0.2) is 36.7 Å². The van der Waals surface area contributed by atoms with Gasteiger partial charge in [-0.3, -0.25) is 0 Å². The standard InChI is InChI=1S/C29H36Cl2N8O/c1-5-7-20-14-25(38(17-18(2)32)21-8-12-37(13-9-21)29-33-10-6-11-34-29)39-28(35-20)26(19(3)36-39)27-23(30)15-22(40-4)16-24(27)31/h6,10-11,14-16,18,21H,5,7-9,12-13,17,32H2,1-4H3. The number of halogens is 2. The number of nitrogens with two attached hydrogens (primary N) is 1. The highest BCUT2D eigenvalue weighted by atomic mass is 35.5. The van der Waals surface area contributed by atoms with Crippen molar-refractivity contribution in [3.05, 3.63) is 58.1 Å². The lowest BCUT2D eigenvalue weighted by Gasteiger charge is -2.40. The molecule has 0 bridgehead atoms. The van der Waals surface area contributed by atoms with Gasteiger partial charge in [-0.15, -0.1) is 0 Å². The number of aryl methyl sites for hydroxylation is 2. The van der Waals surface area contributed by atoms with Crippen LogP contribution in [0.2, 0.25) is 10.0 Å². The second kappa shape index (κ2) is 12.2. The number of ether oxygens (including phenoxy) is 1. The average Bonchev–Trinajstić information content (AvgIpc) is 3.27.